The minimum Gasteiger partial charge on any atom is -0.355 e. The zero-order valence-corrected chi connectivity index (χ0v) is 16.6. The van der Waals surface area contributed by atoms with Crippen molar-refractivity contribution in [3.63, 3.8) is 0 Å². The second kappa shape index (κ2) is 9.32. The number of benzene rings is 2. The first-order valence-corrected chi connectivity index (χ1v) is 10.2. The van der Waals surface area contributed by atoms with Gasteiger partial charge in [0, 0.05) is 18.7 Å². The van der Waals surface area contributed by atoms with E-state index in [9.17, 15) is 23.3 Å². The van der Waals surface area contributed by atoms with Crippen LogP contribution in [0.1, 0.15) is 20.3 Å². The third-order valence-corrected chi connectivity index (χ3v) is 5.80. The van der Waals surface area contributed by atoms with Crippen LogP contribution < -0.4 is 9.62 Å². The molecule has 1 N–H and O–H groups in total. The van der Waals surface area contributed by atoms with E-state index >= 15 is 0 Å². The van der Waals surface area contributed by atoms with Crippen molar-refractivity contribution in [1.29, 1.82) is 0 Å². The molecule has 9 heteroatoms. The molecule has 0 aliphatic rings. The SMILES string of the molecule is CC(C)CCNC(=O)CN(c1ccc([N+](=O)[O-])cc1)S(=O)(=O)c1ccccc1. The number of sulfonamides is 1. The number of amides is 1. The molecule has 2 rings (SSSR count). The number of carbonyl (C=O) groups is 1. The Kier molecular flexibility index (Phi) is 7.11. The average Bonchev–Trinajstić information content (AvgIpc) is 2.66. The Morgan fingerprint density at radius 1 is 1.11 bits per heavy atom. The molecule has 0 saturated heterocycles. The van der Waals surface area contributed by atoms with Crippen molar-refractivity contribution in [3.05, 3.63) is 64.7 Å². The van der Waals surface area contributed by atoms with E-state index in [-0.39, 0.29) is 16.3 Å². The standard InChI is InChI=1S/C19H23N3O5S/c1-15(2)12-13-20-19(23)14-21(16-8-10-17(11-9-16)22(24)25)28(26,27)18-6-4-3-5-7-18/h3-11,15H,12-14H2,1-2H3,(H,20,23). The molecule has 0 atom stereocenters. The second-order valence-corrected chi connectivity index (χ2v) is 8.49. The molecule has 28 heavy (non-hydrogen) atoms. The van der Waals surface area contributed by atoms with Gasteiger partial charge < -0.3 is 5.32 Å². The first-order chi connectivity index (χ1) is 13.2. The van der Waals surface area contributed by atoms with Gasteiger partial charge >= 0.3 is 0 Å². The number of anilines is 1. The van der Waals surface area contributed by atoms with Gasteiger partial charge in [-0.3, -0.25) is 19.2 Å². The molecule has 0 aliphatic carbocycles. The topological polar surface area (TPSA) is 110 Å². The molecule has 0 aliphatic heterocycles. The molecule has 1 amide bonds. The van der Waals surface area contributed by atoms with Crippen LogP contribution in [0.2, 0.25) is 0 Å². The molecule has 150 valence electrons. The van der Waals surface area contributed by atoms with E-state index in [0.29, 0.717) is 12.5 Å². The Labute approximate surface area is 164 Å². The first-order valence-electron chi connectivity index (χ1n) is 8.80. The summed E-state index contributed by atoms with van der Waals surface area (Å²) in [6.45, 7) is 4.06. The normalized spacial score (nSPS) is 11.2. The van der Waals surface area contributed by atoms with Gasteiger partial charge in [0.05, 0.1) is 15.5 Å². The summed E-state index contributed by atoms with van der Waals surface area (Å²) in [4.78, 5) is 22.7. The van der Waals surface area contributed by atoms with Crippen molar-refractivity contribution in [2.24, 2.45) is 5.92 Å². The molecule has 0 unspecified atom stereocenters. The van der Waals surface area contributed by atoms with Crippen LogP contribution >= 0.6 is 0 Å². The van der Waals surface area contributed by atoms with Crippen LogP contribution in [0.3, 0.4) is 0 Å². The maximum atomic E-state index is 13.1. The van der Waals surface area contributed by atoms with Crippen LogP contribution in [0, 0.1) is 16.0 Å². The van der Waals surface area contributed by atoms with Crippen LogP contribution in [0.5, 0.6) is 0 Å². The fourth-order valence-electron chi connectivity index (χ4n) is 2.46. The van der Waals surface area contributed by atoms with Crippen LogP contribution in [0.25, 0.3) is 0 Å². The van der Waals surface area contributed by atoms with Crippen molar-refractivity contribution in [2.75, 3.05) is 17.4 Å². The number of nitrogens with one attached hydrogen (secondary N) is 1. The maximum absolute atomic E-state index is 13.1. The molecule has 0 heterocycles. The number of nitrogens with zero attached hydrogens (tertiary/aromatic N) is 2. The van der Waals surface area contributed by atoms with Crippen molar-refractivity contribution in [3.8, 4) is 0 Å². The Morgan fingerprint density at radius 3 is 2.25 bits per heavy atom. The quantitative estimate of drug-likeness (QED) is 0.509. The number of nitro benzene ring substituents is 1. The van der Waals surface area contributed by atoms with Crippen LogP contribution in [0.4, 0.5) is 11.4 Å². The van der Waals surface area contributed by atoms with Gasteiger partial charge in [-0.05, 0) is 36.6 Å². The number of nitro groups is 1. The highest BCUT2D eigenvalue weighted by molar-refractivity contribution is 7.92. The maximum Gasteiger partial charge on any atom is 0.269 e. The summed E-state index contributed by atoms with van der Waals surface area (Å²) in [6, 6.07) is 12.8. The van der Waals surface area contributed by atoms with E-state index in [1.807, 2.05) is 13.8 Å². The second-order valence-electron chi connectivity index (χ2n) is 6.63. The molecule has 0 fully saturated rings. The highest BCUT2D eigenvalue weighted by Crippen LogP contribution is 2.25. The van der Waals surface area contributed by atoms with Gasteiger partial charge in [0.1, 0.15) is 6.54 Å². The van der Waals surface area contributed by atoms with E-state index in [4.69, 9.17) is 0 Å². The first kappa shape index (κ1) is 21.4. The highest BCUT2D eigenvalue weighted by Gasteiger charge is 2.27. The predicted octanol–water partition coefficient (Wildman–Crippen LogP) is 2.95. The highest BCUT2D eigenvalue weighted by atomic mass is 32.2. The Hall–Kier alpha value is -2.94. The summed E-state index contributed by atoms with van der Waals surface area (Å²) in [7, 11) is -4.02. The van der Waals surface area contributed by atoms with E-state index in [1.165, 1.54) is 36.4 Å². The lowest BCUT2D eigenvalue weighted by molar-refractivity contribution is -0.384. The molecule has 0 bridgehead atoms. The summed E-state index contributed by atoms with van der Waals surface area (Å²) in [6.07, 6.45) is 0.773. The Bertz CT molecular complexity index is 912. The minimum atomic E-state index is -4.02. The van der Waals surface area contributed by atoms with Gasteiger partial charge in [-0.1, -0.05) is 32.0 Å². The monoisotopic (exact) mass is 405 g/mol. The zero-order chi connectivity index (χ0) is 20.7. The number of hydrogen-bond donors (Lipinski definition) is 1. The average molecular weight is 405 g/mol. The molecule has 2 aromatic carbocycles. The third kappa shape index (κ3) is 5.53. The smallest absolute Gasteiger partial charge is 0.269 e. The number of non-ortho nitro benzene ring substituents is 1. The Morgan fingerprint density at radius 2 is 1.71 bits per heavy atom. The van der Waals surface area contributed by atoms with Crippen molar-refractivity contribution >= 4 is 27.3 Å². The van der Waals surface area contributed by atoms with Crippen LogP contribution in [-0.4, -0.2) is 32.3 Å². The van der Waals surface area contributed by atoms with Crippen LogP contribution in [0.15, 0.2) is 59.5 Å². The summed E-state index contributed by atoms with van der Waals surface area (Å²) in [5.41, 5.74) is 0.00987. The molecule has 2 aromatic rings. The van der Waals surface area contributed by atoms with Crippen molar-refractivity contribution in [2.45, 2.75) is 25.2 Å². The number of rotatable bonds is 9. The summed E-state index contributed by atoms with van der Waals surface area (Å²) >= 11 is 0. The number of hydrogen-bond acceptors (Lipinski definition) is 5. The van der Waals surface area contributed by atoms with E-state index in [2.05, 4.69) is 5.32 Å². The fraction of sp³-hybridized carbons (Fsp3) is 0.316. The zero-order valence-electron chi connectivity index (χ0n) is 15.7. The Balaban J connectivity index is 2.33. The van der Waals surface area contributed by atoms with Crippen LogP contribution in [-0.2, 0) is 14.8 Å². The molecule has 0 aromatic heterocycles. The summed E-state index contributed by atoms with van der Waals surface area (Å²) in [5.74, 6) is -0.0439. The van der Waals surface area contributed by atoms with Gasteiger partial charge in [0.15, 0.2) is 0 Å². The lowest BCUT2D eigenvalue weighted by Gasteiger charge is -2.24. The van der Waals surface area contributed by atoms with E-state index < -0.39 is 27.4 Å². The summed E-state index contributed by atoms with van der Waals surface area (Å²) < 4.78 is 27.1. The summed E-state index contributed by atoms with van der Waals surface area (Å²) in [5, 5.41) is 13.6. The van der Waals surface area contributed by atoms with E-state index in [1.54, 1.807) is 18.2 Å². The number of carbonyl (C=O) groups excluding carboxylic acids is 1. The van der Waals surface area contributed by atoms with Gasteiger partial charge in [0.2, 0.25) is 5.91 Å². The van der Waals surface area contributed by atoms with Gasteiger partial charge in [-0.25, -0.2) is 8.42 Å². The lowest BCUT2D eigenvalue weighted by Crippen LogP contribution is -2.41. The third-order valence-electron chi connectivity index (χ3n) is 4.01. The molecular weight excluding hydrogens is 382 g/mol. The van der Waals surface area contributed by atoms with E-state index in [0.717, 1.165) is 10.7 Å². The predicted molar refractivity (Wildman–Crippen MR) is 107 cm³/mol. The lowest BCUT2D eigenvalue weighted by atomic mass is 10.1. The molecule has 0 radical (unpaired) electrons. The largest absolute Gasteiger partial charge is 0.355 e. The van der Waals surface area contributed by atoms with Crippen molar-refractivity contribution in [1.82, 2.24) is 5.32 Å². The van der Waals surface area contributed by atoms with Gasteiger partial charge in [0.25, 0.3) is 15.7 Å². The van der Waals surface area contributed by atoms with Gasteiger partial charge in [-0.15, -0.1) is 0 Å². The van der Waals surface area contributed by atoms with Crippen molar-refractivity contribution < 1.29 is 18.1 Å². The molecule has 0 saturated carbocycles. The molecule has 8 nitrogen and oxygen atoms in total. The van der Waals surface area contributed by atoms with Gasteiger partial charge in [-0.2, -0.15) is 0 Å². The fourth-order valence-corrected chi connectivity index (χ4v) is 3.90. The minimum absolute atomic E-state index is 0.0309. The molecular formula is C19H23N3O5S. The molecule has 0 spiro atoms.